The minimum Gasteiger partial charge on any atom is -0.207 e. The van der Waals surface area contributed by atoms with Gasteiger partial charge >= 0.3 is 0 Å². The number of hydrogen-bond acceptors (Lipinski definition) is 0. The van der Waals surface area contributed by atoms with Gasteiger partial charge in [0, 0.05) is 15.8 Å². The fourth-order valence-corrected chi connectivity index (χ4v) is 7.18. The summed E-state index contributed by atoms with van der Waals surface area (Å²) >= 11 is 0. The molecule has 1 aromatic rings. The lowest BCUT2D eigenvalue weighted by Crippen LogP contribution is -2.29. The molecule has 0 unspecified atom stereocenters. The summed E-state index contributed by atoms with van der Waals surface area (Å²) in [4.78, 5) is 0. The van der Waals surface area contributed by atoms with E-state index in [-0.39, 0.29) is 17.2 Å². The summed E-state index contributed by atoms with van der Waals surface area (Å²) in [5, 5.41) is 0. The van der Waals surface area contributed by atoms with Crippen LogP contribution in [0.15, 0.2) is 12.1 Å². The van der Waals surface area contributed by atoms with Gasteiger partial charge in [-0.1, -0.05) is 18.9 Å². The summed E-state index contributed by atoms with van der Waals surface area (Å²) in [6, 6.07) is 4.35. The van der Waals surface area contributed by atoms with Gasteiger partial charge in [0.25, 0.3) is 0 Å². The molecule has 4 rings (SSSR count). The average Bonchev–Trinajstić information content (AvgIpc) is 2.77. The maximum atomic E-state index is 14.0. The van der Waals surface area contributed by atoms with Crippen LogP contribution in [-0.4, -0.2) is 10.2 Å². The molecule has 3 radical (unpaired) electrons. The monoisotopic (exact) mass is 415 g/mol. The lowest BCUT2D eigenvalue weighted by Gasteiger charge is -2.41. The van der Waals surface area contributed by atoms with Gasteiger partial charge in [-0.25, -0.2) is 8.78 Å². The molecule has 0 amide bonds. The van der Waals surface area contributed by atoms with E-state index in [0.717, 1.165) is 48.0 Å². The highest BCUT2D eigenvalue weighted by atomic mass is 28.1. The van der Waals surface area contributed by atoms with Crippen LogP contribution >= 0.6 is 0 Å². The Bertz CT molecular complexity index is 640. The van der Waals surface area contributed by atoms with E-state index >= 15 is 0 Å². The molecule has 0 N–H and O–H groups in total. The highest BCUT2D eigenvalue weighted by Crippen LogP contribution is 2.47. The highest BCUT2D eigenvalue weighted by molar-refractivity contribution is 6.08. The molecular weight excluding hydrogens is 378 g/mol. The largest absolute Gasteiger partial charge is 0.207 e. The van der Waals surface area contributed by atoms with Crippen molar-refractivity contribution in [3.63, 3.8) is 0 Å². The lowest BCUT2D eigenvalue weighted by molar-refractivity contribution is 0.112. The molecule has 3 aliphatic rings. The minimum atomic E-state index is -0.384. The van der Waals surface area contributed by atoms with Crippen LogP contribution in [0.5, 0.6) is 0 Å². The molecule has 3 saturated carbocycles. The number of hydrogen-bond donors (Lipinski definition) is 0. The standard InChI is InChI=1S/C26H37F2Si/c1-17-25(27)14-24(15-26(17)28)23-12-10-22(11-13-23)21-8-6-20(7-9-21)19-4-2-18(16-29)3-5-19/h14-15,18-23H,2-13,16H2,1H3. The third kappa shape index (κ3) is 4.97. The summed E-state index contributed by atoms with van der Waals surface area (Å²) < 4.78 is 27.9. The molecule has 0 spiro atoms. The quantitative estimate of drug-likeness (QED) is 0.441. The van der Waals surface area contributed by atoms with Crippen LogP contribution < -0.4 is 0 Å². The van der Waals surface area contributed by atoms with Gasteiger partial charge in [0.05, 0.1) is 0 Å². The van der Waals surface area contributed by atoms with Gasteiger partial charge in [0.15, 0.2) is 0 Å². The fraction of sp³-hybridized carbons (Fsp3) is 0.769. The second kappa shape index (κ2) is 9.62. The van der Waals surface area contributed by atoms with Crippen LogP contribution in [0.25, 0.3) is 0 Å². The van der Waals surface area contributed by atoms with E-state index in [9.17, 15) is 8.78 Å². The molecule has 0 aliphatic heterocycles. The first-order valence-corrected chi connectivity index (χ1v) is 12.9. The predicted octanol–water partition coefficient (Wildman–Crippen LogP) is 7.75. The molecule has 0 heterocycles. The average molecular weight is 416 g/mol. The van der Waals surface area contributed by atoms with Gasteiger partial charge in [-0.05, 0) is 124 Å². The maximum absolute atomic E-state index is 14.0. The first-order valence-electron chi connectivity index (χ1n) is 12.1. The normalized spacial score (nSPS) is 36.1. The molecule has 0 saturated heterocycles. The Kier molecular flexibility index (Phi) is 7.14. The molecule has 0 nitrogen and oxygen atoms in total. The number of benzene rings is 1. The summed E-state index contributed by atoms with van der Waals surface area (Å²) in [7, 11) is 3.72. The number of rotatable bonds is 4. The van der Waals surface area contributed by atoms with Crippen molar-refractivity contribution in [3.05, 3.63) is 34.9 Å². The van der Waals surface area contributed by atoms with E-state index < -0.39 is 0 Å². The van der Waals surface area contributed by atoms with E-state index in [1.165, 1.54) is 77.2 Å². The van der Waals surface area contributed by atoms with Crippen LogP contribution in [0.1, 0.15) is 94.1 Å². The van der Waals surface area contributed by atoms with Crippen molar-refractivity contribution >= 4 is 10.2 Å². The molecule has 1 aromatic carbocycles. The predicted molar refractivity (Wildman–Crippen MR) is 117 cm³/mol. The Morgan fingerprint density at radius 2 is 1.07 bits per heavy atom. The van der Waals surface area contributed by atoms with Crippen LogP contribution in [0.4, 0.5) is 8.78 Å². The minimum absolute atomic E-state index is 0.153. The molecule has 3 heteroatoms. The zero-order chi connectivity index (χ0) is 20.4. The molecule has 29 heavy (non-hydrogen) atoms. The van der Waals surface area contributed by atoms with Crippen LogP contribution in [0, 0.1) is 48.1 Å². The van der Waals surface area contributed by atoms with Crippen molar-refractivity contribution in [3.8, 4) is 0 Å². The second-order valence-corrected chi connectivity index (χ2v) is 10.8. The second-order valence-electron chi connectivity index (χ2n) is 10.4. The lowest BCUT2D eigenvalue weighted by atomic mass is 9.65. The maximum Gasteiger partial charge on any atom is 0.129 e. The molecule has 0 atom stereocenters. The Hall–Kier alpha value is -0.703. The molecule has 3 fully saturated rings. The Balaban J connectivity index is 1.24. The van der Waals surface area contributed by atoms with Gasteiger partial charge in [-0.3, -0.25) is 0 Å². The van der Waals surface area contributed by atoms with Crippen molar-refractivity contribution in [1.29, 1.82) is 0 Å². The zero-order valence-corrected chi connectivity index (χ0v) is 19.1. The zero-order valence-electron chi connectivity index (χ0n) is 18.1. The molecular formula is C26H37F2Si. The van der Waals surface area contributed by atoms with E-state index in [0.29, 0.717) is 5.92 Å². The Morgan fingerprint density at radius 3 is 1.48 bits per heavy atom. The van der Waals surface area contributed by atoms with Gasteiger partial charge < -0.3 is 0 Å². The fourth-order valence-electron chi connectivity index (χ4n) is 6.78. The van der Waals surface area contributed by atoms with E-state index in [4.69, 9.17) is 0 Å². The van der Waals surface area contributed by atoms with Crippen molar-refractivity contribution in [1.82, 2.24) is 0 Å². The highest BCUT2D eigenvalue weighted by Gasteiger charge is 2.34. The Morgan fingerprint density at radius 1 is 0.690 bits per heavy atom. The SMILES string of the molecule is Cc1c(F)cc(C2CCC(C3CCC(C4CCC(C[Si])CC4)CC3)CC2)cc1F. The van der Waals surface area contributed by atoms with Crippen molar-refractivity contribution in [2.24, 2.45) is 29.6 Å². The number of halogens is 2. The van der Waals surface area contributed by atoms with Crippen molar-refractivity contribution in [2.45, 2.75) is 95.9 Å². The summed E-state index contributed by atoms with van der Waals surface area (Å²) in [5.74, 6) is 4.22. The van der Waals surface area contributed by atoms with Crippen LogP contribution in [0.3, 0.4) is 0 Å². The van der Waals surface area contributed by atoms with Crippen molar-refractivity contribution < 1.29 is 8.78 Å². The van der Waals surface area contributed by atoms with E-state index in [1.54, 1.807) is 12.1 Å². The topological polar surface area (TPSA) is 0 Å². The van der Waals surface area contributed by atoms with Gasteiger partial charge in [-0.15, -0.1) is 0 Å². The van der Waals surface area contributed by atoms with E-state index in [2.05, 4.69) is 10.2 Å². The summed E-state index contributed by atoms with van der Waals surface area (Å²) in [5.41, 5.74) is 1.03. The van der Waals surface area contributed by atoms with Gasteiger partial charge in [0.2, 0.25) is 0 Å². The van der Waals surface area contributed by atoms with Gasteiger partial charge in [0.1, 0.15) is 11.6 Å². The first kappa shape index (κ1) is 21.5. The van der Waals surface area contributed by atoms with Gasteiger partial charge in [-0.2, -0.15) is 0 Å². The molecule has 159 valence electrons. The van der Waals surface area contributed by atoms with Crippen LogP contribution in [-0.2, 0) is 0 Å². The van der Waals surface area contributed by atoms with E-state index in [1.807, 2.05) is 0 Å². The van der Waals surface area contributed by atoms with Crippen LogP contribution in [0.2, 0.25) is 6.04 Å². The molecule has 3 aliphatic carbocycles. The third-order valence-electron chi connectivity index (χ3n) is 8.88. The summed E-state index contributed by atoms with van der Waals surface area (Å²) in [6.07, 6.45) is 16.2. The Labute approximate surface area is 179 Å². The van der Waals surface area contributed by atoms with Crippen molar-refractivity contribution in [2.75, 3.05) is 0 Å². The third-order valence-corrected chi connectivity index (χ3v) is 9.45. The smallest absolute Gasteiger partial charge is 0.129 e. The summed E-state index contributed by atoms with van der Waals surface area (Å²) in [6.45, 7) is 1.52. The molecule has 0 aromatic heterocycles. The molecule has 0 bridgehead atoms. The first-order chi connectivity index (χ1) is 14.0.